The lowest BCUT2D eigenvalue weighted by atomic mass is 10.1. The van der Waals surface area contributed by atoms with Crippen LogP contribution in [0, 0.1) is 0 Å². The molecule has 0 fully saturated rings. The van der Waals surface area contributed by atoms with E-state index in [2.05, 4.69) is 25.5 Å². The first-order valence-corrected chi connectivity index (χ1v) is 6.94. The van der Waals surface area contributed by atoms with Crippen LogP contribution < -0.4 is 15.6 Å². The molecule has 0 amide bonds. The Hall–Kier alpha value is -2.96. The number of hydrogen-bond donors (Lipinski definition) is 2. The number of anilines is 1. The highest BCUT2D eigenvalue weighted by molar-refractivity contribution is 5.83. The van der Waals surface area contributed by atoms with Crippen molar-refractivity contribution in [2.24, 2.45) is 0 Å². The third kappa shape index (κ3) is 2.88. The van der Waals surface area contributed by atoms with Crippen LogP contribution in [-0.2, 0) is 6.54 Å². The Morgan fingerprint density at radius 2 is 2.05 bits per heavy atom. The molecule has 0 unspecified atom stereocenters. The van der Waals surface area contributed by atoms with Gasteiger partial charge in [0, 0.05) is 17.6 Å². The molecule has 0 radical (unpaired) electrons. The average Bonchev–Trinajstić information content (AvgIpc) is 2.55. The predicted molar refractivity (Wildman–Crippen MR) is 82.9 cm³/mol. The van der Waals surface area contributed by atoms with Crippen molar-refractivity contribution in [1.29, 1.82) is 0 Å². The molecule has 2 aromatic heterocycles. The van der Waals surface area contributed by atoms with E-state index in [1.807, 2.05) is 25.1 Å². The molecule has 0 aliphatic rings. The molecular formula is C15H15N5O2. The second kappa shape index (κ2) is 6.21. The Kier molecular flexibility index (Phi) is 3.95. The van der Waals surface area contributed by atoms with E-state index in [9.17, 15) is 4.79 Å². The Morgan fingerprint density at radius 1 is 1.23 bits per heavy atom. The molecule has 0 aliphatic carbocycles. The van der Waals surface area contributed by atoms with Crippen LogP contribution in [0.1, 0.15) is 12.6 Å². The lowest BCUT2D eigenvalue weighted by molar-refractivity contribution is 0.326. The summed E-state index contributed by atoms with van der Waals surface area (Å²) >= 11 is 0. The van der Waals surface area contributed by atoms with Crippen LogP contribution >= 0.6 is 0 Å². The van der Waals surface area contributed by atoms with Crippen molar-refractivity contribution in [2.45, 2.75) is 13.5 Å². The maximum absolute atomic E-state index is 11.7. The van der Waals surface area contributed by atoms with Crippen LogP contribution in [0.3, 0.4) is 0 Å². The molecule has 0 atom stereocenters. The number of H-pyrrole nitrogens is 1. The number of rotatable bonds is 5. The minimum atomic E-state index is -0.200. The highest BCUT2D eigenvalue weighted by atomic mass is 16.5. The summed E-state index contributed by atoms with van der Waals surface area (Å²) in [5.74, 6) is 0.960. The van der Waals surface area contributed by atoms with E-state index in [1.54, 1.807) is 18.3 Å². The number of hydrogen-bond acceptors (Lipinski definition) is 6. The summed E-state index contributed by atoms with van der Waals surface area (Å²) in [5.41, 5.74) is 0.523. The first-order valence-electron chi connectivity index (χ1n) is 6.94. The van der Waals surface area contributed by atoms with Crippen molar-refractivity contribution >= 4 is 16.7 Å². The number of ether oxygens (including phenoxy) is 1. The second-order valence-corrected chi connectivity index (χ2v) is 4.55. The highest BCUT2D eigenvalue weighted by Gasteiger charge is 2.06. The molecule has 3 rings (SSSR count). The van der Waals surface area contributed by atoms with Gasteiger partial charge in [-0.2, -0.15) is 10.1 Å². The Labute approximate surface area is 126 Å². The van der Waals surface area contributed by atoms with E-state index in [-0.39, 0.29) is 5.56 Å². The largest absolute Gasteiger partial charge is 0.478 e. The normalized spacial score (nSPS) is 10.6. The number of nitrogens with zero attached hydrogens (tertiary/aromatic N) is 3. The first-order chi connectivity index (χ1) is 10.8. The zero-order chi connectivity index (χ0) is 15.4. The zero-order valence-electron chi connectivity index (χ0n) is 12.0. The zero-order valence-corrected chi connectivity index (χ0v) is 12.0. The SMILES string of the molecule is CCOc1ccnc(NCc2n[nH]c(=O)c3ccccc23)n1. The van der Waals surface area contributed by atoms with Crippen LogP contribution in [0.4, 0.5) is 5.95 Å². The van der Waals surface area contributed by atoms with Gasteiger partial charge in [0.05, 0.1) is 24.2 Å². The predicted octanol–water partition coefficient (Wildman–Crippen LogP) is 1.72. The number of aromatic amines is 1. The molecular weight excluding hydrogens is 282 g/mol. The maximum atomic E-state index is 11.7. The van der Waals surface area contributed by atoms with Gasteiger partial charge in [0.25, 0.3) is 5.56 Å². The molecule has 0 bridgehead atoms. The Bertz CT molecular complexity index is 846. The van der Waals surface area contributed by atoms with Crippen molar-refractivity contribution in [3.8, 4) is 5.88 Å². The number of benzene rings is 1. The molecule has 7 nitrogen and oxygen atoms in total. The lowest BCUT2D eigenvalue weighted by Gasteiger charge is -2.08. The summed E-state index contributed by atoms with van der Waals surface area (Å²) in [6.07, 6.45) is 1.62. The Morgan fingerprint density at radius 3 is 2.86 bits per heavy atom. The third-order valence-electron chi connectivity index (χ3n) is 3.11. The van der Waals surface area contributed by atoms with Crippen LogP contribution in [0.25, 0.3) is 10.8 Å². The van der Waals surface area contributed by atoms with Gasteiger partial charge in [0.2, 0.25) is 11.8 Å². The van der Waals surface area contributed by atoms with Crippen molar-refractivity contribution in [3.05, 3.63) is 52.6 Å². The molecule has 0 aliphatic heterocycles. The smallest absolute Gasteiger partial charge is 0.272 e. The highest BCUT2D eigenvalue weighted by Crippen LogP contribution is 2.14. The fraction of sp³-hybridized carbons (Fsp3) is 0.200. The van der Waals surface area contributed by atoms with Gasteiger partial charge in [-0.3, -0.25) is 4.79 Å². The molecule has 2 heterocycles. The molecule has 3 aromatic rings. The molecule has 0 saturated heterocycles. The van der Waals surface area contributed by atoms with Crippen LogP contribution in [-0.4, -0.2) is 26.8 Å². The van der Waals surface area contributed by atoms with E-state index in [4.69, 9.17) is 4.74 Å². The van der Waals surface area contributed by atoms with Gasteiger partial charge in [0.15, 0.2) is 0 Å². The van der Waals surface area contributed by atoms with Crippen molar-refractivity contribution in [2.75, 3.05) is 11.9 Å². The minimum absolute atomic E-state index is 0.200. The molecule has 22 heavy (non-hydrogen) atoms. The van der Waals surface area contributed by atoms with Gasteiger partial charge >= 0.3 is 0 Å². The molecule has 0 saturated carbocycles. The number of fused-ring (bicyclic) bond motifs is 1. The molecule has 2 N–H and O–H groups in total. The summed E-state index contributed by atoms with van der Waals surface area (Å²) in [6.45, 7) is 2.83. The molecule has 7 heteroatoms. The summed E-state index contributed by atoms with van der Waals surface area (Å²) < 4.78 is 5.33. The van der Waals surface area contributed by atoms with E-state index in [0.717, 1.165) is 11.1 Å². The number of nitrogens with one attached hydrogen (secondary N) is 2. The van der Waals surface area contributed by atoms with Crippen molar-refractivity contribution in [3.63, 3.8) is 0 Å². The topological polar surface area (TPSA) is 92.8 Å². The van der Waals surface area contributed by atoms with E-state index in [0.29, 0.717) is 30.4 Å². The number of aromatic nitrogens is 4. The summed E-state index contributed by atoms with van der Waals surface area (Å²) in [7, 11) is 0. The van der Waals surface area contributed by atoms with Gasteiger partial charge in [-0.1, -0.05) is 18.2 Å². The van der Waals surface area contributed by atoms with Gasteiger partial charge in [0.1, 0.15) is 0 Å². The van der Waals surface area contributed by atoms with E-state index < -0.39 is 0 Å². The average molecular weight is 297 g/mol. The van der Waals surface area contributed by atoms with Crippen molar-refractivity contribution < 1.29 is 4.74 Å². The van der Waals surface area contributed by atoms with Crippen LogP contribution in [0.2, 0.25) is 0 Å². The summed E-state index contributed by atoms with van der Waals surface area (Å²) in [6, 6.07) is 9.03. The van der Waals surface area contributed by atoms with Gasteiger partial charge < -0.3 is 10.1 Å². The summed E-state index contributed by atoms with van der Waals surface area (Å²) in [5, 5.41) is 11.1. The van der Waals surface area contributed by atoms with Gasteiger partial charge in [-0.05, 0) is 13.0 Å². The standard InChI is InChI=1S/C15H15N5O2/c1-2-22-13-7-8-16-15(18-13)17-9-12-10-5-3-4-6-11(10)14(21)20-19-12/h3-8H,2,9H2,1H3,(H,20,21)(H,16,17,18). The quantitative estimate of drug-likeness (QED) is 0.745. The monoisotopic (exact) mass is 297 g/mol. The first kappa shape index (κ1) is 14.0. The van der Waals surface area contributed by atoms with E-state index in [1.165, 1.54) is 0 Å². The van der Waals surface area contributed by atoms with E-state index >= 15 is 0 Å². The third-order valence-corrected chi connectivity index (χ3v) is 3.11. The minimum Gasteiger partial charge on any atom is -0.478 e. The lowest BCUT2D eigenvalue weighted by Crippen LogP contribution is -2.13. The van der Waals surface area contributed by atoms with Crippen LogP contribution in [0.15, 0.2) is 41.3 Å². The molecule has 112 valence electrons. The molecule has 1 aromatic carbocycles. The van der Waals surface area contributed by atoms with Gasteiger partial charge in [-0.15, -0.1) is 0 Å². The van der Waals surface area contributed by atoms with Crippen molar-refractivity contribution in [1.82, 2.24) is 20.2 Å². The summed E-state index contributed by atoms with van der Waals surface area (Å²) in [4.78, 5) is 20.1. The molecule has 0 spiro atoms. The fourth-order valence-corrected chi connectivity index (χ4v) is 2.12. The Balaban J connectivity index is 1.84. The van der Waals surface area contributed by atoms with Gasteiger partial charge in [-0.25, -0.2) is 10.1 Å². The fourth-order valence-electron chi connectivity index (χ4n) is 2.12. The maximum Gasteiger partial charge on any atom is 0.272 e. The van der Waals surface area contributed by atoms with Crippen LogP contribution in [0.5, 0.6) is 5.88 Å². The second-order valence-electron chi connectivity index (χ2n) is 4.55.